The number of benzene rings is 1. The van der Waals surface area contributed by atoms with Gasteiger partial charge in [-0.15, -0.1) is 0 Å². The van der Waals surface area contributed by atoms with Crippen molar-refractivity contribution in [2.45, 2.75) is 6.54 Å². The molecule has 0 amide bonds. The minimum atomic E-state index is -0.476. The zero-order valence-corrected chi connectivity index (χ0v) is 13.5. The first kappa shape index (κ1) is 15.7. The zero-order chi connectivity index (χ0) is 17.1. The lowest BCUT2D eigenvalue weighted by molar-refractivity contribution is 0.347. The molecular formula is C15H17N5O4. The predicted molar refractivity (Wildman–Crippen MR) is 87.9 cm³/mol. The van der Waals surface area contributed by atoms with Crippen LogP contribution in [0.3, 0.4) is 0 Å². The highest BCUT2D eigenvalue weighted by atomic mass is 16.5. The van der Waals surface area contributed by atoms with Crippen molar-refractivity contribution >= 4 is 17.0 Å². The summed E-state index contributed by atoms with van der Waals surface area (Å²) in [5, 5.41) is 3.12. The van der Waals surface area contributed by atoms with Gasteiger partial charge in [0.15, 0.2) is 23.0 Å². The molecule has 0 aliphatic heterocycles. The Morgan fingerprint density at radius 3 is 2.50 bits per heavy atom. The normalized spacial score (nSPS) is 10.6. The van der Waals surface area contributed by atoms with Gasteiger partial charge in [-0.25, -0.2) is 9.78 Å². The predicted octanol–water partition coefficient (Wildman–Crippen LogP) is 1.28. The standard InChI is InChI=1S/C15H17N5O4/c1-22-9-5-11(24-3)10(23-2)4-8(9)6-16-13-12-14(18-7-17-12)20-15(21)19-13/h4-5,7H,6H2,1-3H3,(H3,16,17,18,19,20,21). The molecule has 0 radical (unpaired) electrons. The first-order valence-electron chi connectivity index (χ1n) is 7.12. The molecule has 3 rings (SSSR count). The summed E-state index contributed by atoms with van der Waals surface area (Å²) in [6.45, 7) is 0.369. The van der Waals surface area contributed by atoms with Gasteiger partial charge in [-0.3, -0.25) is 4.98 Å². The third-order valence-corrected chi connectivity index (χ3v) is 3.55. The van der Waals surface area contributed by atoms with Crippen LogP contribution in [0.4, 0.5) is 5.82 Å². The number of anilines is 1. The smallest absolute Gasteiger partial charge is 0.348 e. The Balaban J connectivity index is 1.93. The molecule has 0 bridgehead atoms. The molecule has 0 atom stereocenters. The minimum Gasteiger partial charge on any atom is -0.496 e. The van der Waals surface area contributed by atoms with Crippen LogP contribution in [-0.2, 0) is 6.54 Å². The second-order valence-corrected chi connectivity index (χ2v) is 4.89. The van der Waals surface area contributed by atoms with E-state index in [4.69, 9.17) is 14.2 Å². The molecule has 24 heavy (non-hydrogen) atoms. The van der Waals surface area contributed by atoms with Gasteiger partial charge in [0.2, 0.25) is 0 Å². The molecule has 0 aliphatic carbocycles. The summed E-state index contributed by atoms with van der Waals surface area (Å²) in [5.74, 6) is 2.19. The van der Waals surface area contributed by atoms with Gasteiger partial charge in [-0.05, 0) is 6.07 Å². The summed E-state index contributed by atoms with van der Waals surface area (Å²) >= 11 is 0. The van der Waals surface area contributed by atoms with Crippen LogP contribution in [0.5, 0.6) is 17.2 Å². The maximum atomic E-state index is 11.6. The van der Waals surface area contributed by atoms with Gasteiger partial charge in [-0.1, -0.05) is 0 Å². The van der Waals surface area contributed by atoms with Gasteiger partial charge < -0.3 is 24.5 Å². The van der Waals surface area contributed by atoms with Crippen molar-refractivity contribution in [2.75, 3.05) is 26.6 Å². The zero-order valence-electron chi connectivity index (χ0n) is 13.5. The Morgan fingerprint density at radius 1 is 1.08 bits per heavy atom. The fourth-order valence-corrected chi connectivity index (χ4v) is 2.39. The lowest BCUT2D eigenvalue weighted by Crippen LogP contribution is -2.14. The van der Waals surface area contributed by atoms with Crippen molar-refractivity contribution in [3.8, 4) is 17.2 Å². The molecule has 9 heteroatoms. The quantitative estimate of drug-likeness (QED) is 0.623. The Hall–Kier alpha value is -3.23. The SMILES string of the molecule is COc1cc(OC)c(OC)cc1CNc1nc(=O)[nH]c2nc[nH]c12. The number of hydrogen-bond donors (Lipinski definition) is 3. The van der Waals surface area contributed by atoms with Crippen molar-refractivity contribution < 1.29 is 14.2 Å². The molecule has 0 saturated carbocycles. The molecule has 0 saturated heterocycles. The Morgan fingerprint density at radius 2 is 1.79 bits per heavy atom. The van der Waals surface area contributed by atoms with Gasteiger partial charge in [0.05, 0.1) is 27.7 Å². The summed E-state index contributed by atoms with van der Waals surface area (Å²) < 4.78 is 16.0. The summed E-state index contributed by atoms with van der Waals surface area (Å²) in [6.07, 6.45) is 1.49. The maximum absolute atomic E-state index is 11.6. The number of imidazole rings is 1. The van der Waals surface area contributed by atoms with Crippen molar-refractivity contribution in [1.29, 1.82) is 0 Å². The van der Waals surface area contributed by atoms with Gasteiger partial charge >= 0.3 is 5.69 Å². The molecule has 0 aliphatic rings. The molecular weight excluding hydrogens is 314 g/mol. The average molecular weight is 331 g/mol. The molecule has 9 nitrogen and oxygen atoms in total. The summed E-state index contributed by atoms with van der Waals surface area (Å²) in [7, 11) is 4.70. The number of fused-ring (bicyclic) bond motifs is 1. The lowest BCUT2D eigenvalue weighted by Gasteiger charge is -2.14. The van der Waals surface area contributed by atoms with E-state index in [1.165, 1.54) is 6.33 Å². The number of nitrogens with zero attached hydrogens (tertiary/aromatic N) is 2. The summed E-state index contributed by atoms with van der Waals surface area (Å²) in [4.78, 5) is 25.0. The van der Waals surface area contributed by atoms with Gasteiger partial charge in [0, 0.05) is 18.2 Å². The molecule has 0 unspecified atom stereocenters. The molecule has 2 aromatic heterocycles. The van der Waals surface area contributed by atoms with Gasteiger partial charge in [0.1, 0.15) is 11.3 Å². The maximum Gasteiger partial charge on any atom is 0.348 e. The van der Waals surface area contributed by atoms with Crippen LogP contribution in [0.15, 0.2) is 23.3 Å². The van der Waals surface area contributed by atoms with E-state index < -0.39 is 5.69 Å². The molecule has 2 heterocycles. The summed E-state index contributed by atoms with van der Waals surface area (Å²) in [6, 6.07) is 3.55. The number of ether oxygens (including phenoxy) is 3. The van der Waals surface area contributed by atoms with Gasteiger partial charge in [0.25, 0.3) is 0 Å². The topological polar surface area (TPSA) is 114 Å². The molecule has 126 valence electrons. The van der Waals surface area contributed by atoms with Crippen LogP contribution in [0.2, 0.25) is 0 Å². The number of aromatic amines is 2. The average Bonchev–Trinajstić information content (AvgIpc) is 3.07. The minimum absolute atomic E-state index is 0.369. The van der Waals surface area contributed by atoms with E-state index in [0.717, 1.165) is 5.56 Å². The first-order valence-corrected chi connectivity index (χ1v) is 7.12. The molecule has 0 spiro atoms. The van der Waals surface area contributed by atoms with Crippen LogP contribution >= 0.6 is 0 Å². The number of aromatic nitrogens is 4. The van der Waals surface area contributed by atoms with Crippen LogP contribution < -0.4 is 25.2 Å². The van der Waals surface area contributed by atoms with E-state index in [9.17, 15) is 4.79 Å². The van der Waals surface area contributed by atoms with Crippen molar-refractivity contribution in [2.24, 2.45) is 0 Å². The molecule has 0 fully saturated rings. The van der Waals surface area contributed by atoms with E-state index >= 15 is 0 Å². The Labute approximate surface area is 137 Å². The van der Waals surface area contributed by atoms with Crippen LogP contribution in [0.1, 0.15) is 5.56 Å². The van der Waals surface area contributed by atoms with Crippen molar-refractivity contribution in [1.82, 2.24) is 19.9 Å². The fourth-order valence-electron chi connectivity index (χ4n) is 2.39. The number of rotatable bonds is 6. The van der Waals surface area contributed by atoms with Crippen molar-refractivity contribution in [3.05, 3.63) is 34.5 Å². The number of hydrogen-bond acceptors (Lipinski definition) is 7. The van der Waals surface area contributed by atoms with E-state index in [0.29, 0.717) is 40.8 Å². The number of H-pyrrole nitrogens is 2. The summed E-state index contributed by atoms with van der Waals surface area (Å²) in [5.41, 5.74) is 1.41. The molecule has 1 aromatic carbocycles. The van der Waals surface area contributed by atoms with Crippen LogP contribution in [0, 0.1) is 0 Å². The van der Waals surface area contributed by atoms with Crippen LogP contribution in [0.25, 0.3) is 11.2 Å². The highest BCUT2D eigenvalue weighted by molar-refractivity contribution is 5.81. The third-order valence-electron chi connectivity index (χ3n) is 3.55. The second kappa shape index (κ2) is 6.49. The lowest BCUT2D eigenvalue weighted by atomic mass is 10.1. The Kier molecular flexibility index (Phi) is 4.23. The first-order chi connectivity index (χ1) is 11.7. The van der Waals surface area contributed by atoms with E-state index in [-0.39, 0.29) is 0 Å². The highest BCUT2D eigenvalue weighted by Crippen LogP contribution is 2.34. The molecule has 3 aromatic rings. The Bertz CT molecular complexity index is 918. The number of methoxy groups -OCH3 is 3. The third kappa shape index (κ3) is 2.83. The second-order valence-electron chi connectivity index (χ2n) is 4.89. The van der Waals surface area contributed by atoms with Gasteiger partial charge in [-0.2, -0.15) is 4.98 Å². The highest BCUT2D eigenvalue weighted by Gasteiger charge is 2.13. The molecule has 3 N–H and O–H groups in total. The number of nitrogens with one attached hydrogen (secondary N) is 3. The van der Waals surface area contributed by atoms with E-state index in [2.05, 4.69) is 25.3 Å². The monoisotopic (exact) mass is 331 g/mol. The largest absolute Gasteiger partial charge is 0.496 e. The van der Waals surface area contributed by atoms with E-state index in [1.807, 2.05) is 6.07 Å². The fraction of sp³-hybridized carbons (Fsp3) is 0.267. The van der Waals surface area contributed by atoms with Crippen LogP contribution in [-0.4, -0.2) is 41.3 Å². The van der Waals surface area contributed by atoms with Crippen molar-refractivity contribution in [3.63, 3.8) is 0 Å². The van der Waals surface area contributed by atoms with E-state index in [1.54, 1.807) is 27.4 Å².